The van der Waals surface area contributed by atoms with Gasteiger partial charge in [0, 0.05) is 19.5 Å². The molecule has 3 rings (SSSR count). The van der Waals surface area contributed by atoms with Crippen LogP contribution in [0.3, 0.4) is 0 Å². The predicted octanol–water partition coefficient (Wildman–Crippen LogP) is 4.05. The molecule has 3 unspecified atom stereocenters. The lowest BCUT2D eigenvalue weighted by atomic mass is 9.93. The van der Waals surface area contributed by atoms with Crippen LogP contribution < -0.4 is 5.32 Å². The molecule has 0 spiro atoms. The predicted molar refractivity (Wildman–Crippen MR) is 147 cm³/mol. The van der Waals surface area contributed by atoms with Crippen LogP contribution in [-0.2, 0) is 32.1 Å². The lowest BCUT2D eigenvalue weighted by Crippen LogP contribution is -2.42. The van der Waals surface area contributed by atoms with Crippen LogP contribution in [0.15, 0.2) is 72.8 Å². The molecule has 38 heavy (non-hydrogen) atoms. The van der Waals surface area contributed by atoms with E-state index < -0.39 is 5.92 Å². The Morgan fingerprint density at radius 1 is 1.00 bits per heavy atom. The van der Waals surface area contributed by atoms with Crippen molar-refractivity contribution < 1.29 is 24.2 Å². The van der Waals surface area contributed by atoms with Crippen molar-refractivity contribution in [3.05, 3.63) is 83.9 Å². The average Bonchev–Trinajstić information content (AvgIpc) is 2.92. The molecule has 2 N–H and O–H groups in total. The third-order valence-corrected chi connectivity index (χ3v) is 6.76. The highest BCUT2D eigenvalue weighted by atomic mass is 16.5. The zero-order chi connectivity index (χ0) is 27.2. The summed E-state index contributed by atoms with van der Waals surface area (Å²) in [5.74, 6) is -1.46. The van der Waals surface area contributed by atoms with Crippen molar-refractivity contribution in [3.63, 3.8) is 0 Å². The van der Waals surface area contributed by atoms with Gasteiger partial charge in [0.1, 0.15) is 6.61 Å². The number of carbonyl (C=O) groups excluding carboxylic acids is 3. The number of hydrogen-bond acceptors (Lipinski definition) is 5. The summed E-state index contributed by atoms with van der Waals surface area (Å²) in [6.45, 7) is 2.31. The molecule has 1 heterocycles. The Balaban J connectivity index is 1.65. The minimum Gasteiger partial charge on any atom is -0.463 e. The van der Waals surface area contributed by atoms with E-state index in [2.05, 4.69) is 5.32 Å². The maximum absolute atomic E-state index is 13.2. The van der Waals surface area contributed by atoms with E-state index in [0.29, 0.717) is 19.4 Å². The minimum atomic E-state index is -0.553. The van der Waals surface area contributed by atoms with E-state index in [1.165, 1.54) is 0 Å². The second-order valence-corrected chi connectivity index (χ2v) is 9.99. The number of allylic oxidation sites excluding steroid dienone is 2. The molecule has 2 aromatic rings. The van der Waals surface area contributed by atoms with Gasteiger partial charge in [-0.05, 0) is 50.2 Å². The highest BCUT2D eigenvalue weighted by Crippen LogP contribution is 2.20. The first-order valence-electron chi connectivity index (χ1n) is 13.5. The normalized spacial score (nSPS) is 21.2. The number of benzene rings is 2. The van der Waals surface area contributed by atoms with Gasteiger partial charge in [0.05, 0.1) is 24.5 Å². The van der Waals surface area contributed by atoms with Crippen molar-refractivity contribution in [2.75, 3.05) is 19.8 Å². The van der Waals surface area contributed by atoms with E-state index in [9.17, 15) is 19.5 Å². The van der Waals surface area contributed by atoms with Gasteiger partial charge in [-0.2, -0.15) is 0 Å². The number of hydrogen-bond donors (Lipinski definition) is 2. The molecule has 0 saturated heterocycles. The van der Waals surface area contributed by atoms with Crippen LogP contribution in [0.25, 0.3) is 0 Å². The number of esters is 1. The van der Waals surface area contributed by atoms with Crippen LogP contribution in [0.1, 0.15) is 50.2 Å². The third-order valence-electron chi connectivity index (χ3n) is 6.76. The lowest BCUT2D eigenvalue weighted by Gasteiger charge is -2.25. The molecule has 204 valence electrons. The number of aliphatic hydroxyl groups is 1. The van der Waals surface area contributed by atoms with Crippen molar-refractivity contribution in [3.8, 4) is 0 Å². The fraction of sp³-hybridized carbons (Fsp3) is 0.452. The van der Waals surface area contributed by atoms with Crippen LogP contribution in [0, 0.1) is 11.8 Å². The highest BCUT2D eigenvalue weighted by Gasteiger charge is 2.26. The average molecular weight is 521 g/mol. The molecule has 1 aliphatic heterocycles. The monoisotopic (exact) mass is 520 g/mol. The van der Waals surface area contributed by atoms with E-state index in [4.69, 9.17) is 4.74 Å². The van der Waals surface area contributed by atoms with E-state index in [-0.39, 0.29) is 55.9 Å². The van der Waals surface area contributed by atoms with Crippen LogP contribution in [0.5, 0.6) is 0 Å². The standard InChI is InChI=1S/C31H40N2O5/c1-24-23-38-31(37)28(20-25-12-6-4-7-13-25)17-11-3-2-10-16-27(30(36)32-24)21-29(35)33(18-19-34)22-26-14-8-5-9-15-26/h2,4-10,12-15,24,27-28,34H,3,11,16-23H2,1H3,(H,32,36). The number of nitrogens with one attached hydrogen (secondary N) is 1. The van der Waals surface area contributed by atoms with Crippen LogP contribution in [0.4, 0.5) is 0 Å². The quantitative estimate of drug-likeness (QED) is 0.404. The van der Waals surface area contributed by atoms with Crippen molar-refractivity contribution in [1.82, 2.24) is 10.2 Å². The maximum atomic E-state index is 13.2. The smallest absolute Gasteiger partial charge is 0.309 e. The van der Waals surface area contributed by atoms with E-state index in [0.717, 1.165) is 30.4 Å². The summed E-state index contributed by atoms with van der Waals surface area (Å²) in [7, 11) is 0. The van der Waals surface area contributed by atoms with Gasteiger partial charge in [-0.15, -0.1) is 0 Å². The third kappa shape index (κ3) is 9.78. The molecule has 7 heteroatoms. The fourth-order valence-corrected chi connectivity index (χ4v) is 4.63. The molecule has 2 aromatic carbocycles. The van der Waals surface area contributed by atoms with E-state index >= 15 is 0 Å². The fourth-order valence-electron chi connectivity index (χ4n) is 4.63. The molecule has 0 aromatic heterocycles. The zero-order valence-corrected chi connectivity index (χ0v) is 22.3. The SMILES string of the molecule is CC1COC(=O)C(Cc2ccccc2)CCCC=CCC(CC(=O)N(CCO)Cc2ccccc2)C(=O)N1. The van der Waals surface area contributed by atoms with Crippen LogP contribution in [-0.4, -0.2) is 53.6 Å². The molecule has 7 nitrogen and oxygen atoms in total. The van der Waals surface area contributed by atoms with Gasteiger partial charge in [0.15, 0.2) is 0 Å². The molecule has 0 saturated carbocycles. The number of cyclic esters (lactones) is 1. The van der Waals surface area contributed by atoms with E-state index in [1.807, 2.05) is 72.8 Å². The Kier molecular flexibility index (Phi) is 12.0. The Morgan fingerprint density at radius 3 is 2.37 bits per heavy atom. The van der Waals surface area contributed by atoms with Crippen molar-refractivity contribution in [2.24, 2.45) is 11.8 Å². The molecular weight excluding hydrogens is 480 g/mol. The summed E-state index contributed by atoms with van der Waals surface area (Å²) in [6, 6.07) is 19.1. The van der Waals surface area contributed by atoms with E-state index in [1.54, 1.807) is 11.8 Å². The lowest BCUT2D eigenvalue weighted by molar-refractivity contribution is -0.150. The van der Waals surface area contributed by atoms with Gasteiger partial charge in [-0.1, -0.05) is 72.8 Å². The number of aliphatic hydroxyl groups excluding tert-OH is 1. The van der Waals surface area contributed by atoms with Gasteiger partial charge in [0.25, 0.3) is 0 Å². The topological polar surface area (TPSA) is 95.9 Å². The van der Waals surface area contributed by atoms with Crippen molar-refractivity contribution in [1.29, 1.82) is 0 Å². The first-order chi connectivity index (χ1) is 18.5. The first-order valence-corrected chi connectivity index (χ1v) is 13.5. The molecule has 0 bridgehead atoms. The molecular formula is C31H40N2O5. The zero-order valence-electron chi connectivity index (χ0n) is 22.3. The summed E-state index contributed by atoms with van der Waals surface area (Å²) in [5.41, 5.74) is 2.06. The minimum absolute atomic E-state index is 0.0364. The highest BCUT2D eigenvalue weighted by molar-refractivity contribution is 5.86. The number of amides is 2. The largest absolute Gasteiger partial charge is 0.463 e. The Morgan fingerprint density at radius 2 is 1.68 bits per heavy atom. The maximum Gasteiger partial charge on any atom is 0.309 e. The summed E-state index contributed by atoms with van der Waals surface area (Å²) in [5, 5.41) is 12.4. The van der Waals surface area contributed by atoms with Gasteiger partial charge < -0.3 is 20.1 Å². The summed E-state index contributed by atoms with van der Waals surface area (Å²) >= 11 is 0. The summed E-state index contributed by atoms with van der Waals surface area (Å²) < 4.78 is 5.61. The molecule has 1 aliphatic rings. The second-order valence-electron chi connectivity index (χ2n) is 9.99. The summed E-state index contributed by atoms with van der Waals surface area (Å²) in [4.78, 5) is 40.8. The van der Waals surface area contributed by atoms with Gasteiger partial charge >= 0.3 is 5.97 Å². The van der Waals surface area contributed by atoms with Gasteiger partial charge in [0.2, 0.25) is 11.8 Å². The number of rotatable bonds is 8. The number of nitrogens with zero attached hydrogens (tertiary/aromatic N) is 1. The van der Waals surface area contributed by atoms with Crippen molar-refractivity contribution >= 4 is 17.8 Å². The molecule has 0 radical (unpaired) electrons. The number of carbonyl (C=O) groups is 3. The second kappa shape index (κ2) is 15.7. The number of ether oxygens (including phenoxy) is 1. The van der Waals surface area contributed by atoms with Crippen molar-refractivity contribution in [2.45, 2.75) is 58.0 Å². The van der Waals surface area contributed by atoms with Gasteiger partial charge in [-0.3, -0.25) is 14.4 Å². The molecule has 0 fully saturated rings. The Labute approximate surface area is 225 Å². The van der Waals surface area contributed by atoms with Crippen LogP contribution in [0.2, 0.25) is 0 Å². The Hall–Kier alpha value is -3.45. The molecule has 2 amide bonds. The van der Waals surface area contributed by atoms with Gasteiger partial charge in [-0.25, -0.2) is 0 Å². The first kappa shape index (κ1) is 29.1. The molecule has 0 aliphatic carbocycles. The molecule has 3 atom stereocenters. The summed E-state index contributed by atoms with van der Waals surface area (Å²) in [6.07, 6.45) is 7.42. The van der Waals surface area contributed by atoms with Crippen LogP contribution >= 0.6 is 0 Å². The Bertz CT molecular complexity index is 1040.